The molecule has 0 radical (unpaired) electrons. The molecule has 11 heavy (non-hydrogen) atoms. The Labute approximate surface area is 67.7 Å². The van der Waals surface area contributed by atoms with Crippen LogP contribution in [0.3, 0.4) is 0 Å². The van der Waals surface area contributed by atoms with E-state index in [1.54, 1.807) is 0 Å². The number of ether oxygens (including phenoxy) is 1. The third-order valence-corrected chi connectivity index (χ3v) is 2.97. The molecule has 0 N–H and O–H groups in total. The van der Waals surface area contributed by atoms with Gasteiger partial charge in [-0.2, -0.15) is 0 Å². The molecule has 1 saturated heterocycles. The monoisotopic (exact) mass is 150 g/mol. The van der Waals surface area contributed by atoms with E-state index in [-0.39, 0.29) is 5.41 Å². The molecule has 3 unspecified atom stereocenters. The van der Waals surface area contributed by atoms with Crippen LogP contribution in [-0.4, -0.2) is 12.7 Å². The Morgan fingerprint density at radius 2 is 2.18 bits per heavy atom. The van der Waals surface area contributed by atoms with Gasteiger partial charge in [0.2, 0.25) is 0 Å². The number of epoxide rings is 1. The second kappa shape index (κ2) is 2.21. The van der Waals surface area contributed by atoms with E-state index in [1.807, 2.05) is 0 Å². The topological polar surface area (TPSA) is 12.5 Å². The van der Waals surface area contributed by atoms with Crippen LogP contribution < -0.4 is 0 Å². The SMILES string of the molecule is CC1C=CC=CC1(C)C1CO1. The highest BCUT2D eigenvalue weighted by molar-refractivity contribution is 5.21. The number of hydrogen-bond acceptors (Lipinski definition) is 1. The summed E-state index contributed by atoms with van der Waals surface area (Å²) in [6.45, 7) is 5.47. The van der Waals surface area contributed by atoms with Gasteiger partial charge in [0, 0.05) is 5.41 Å². The Hall–Kier alpha value is -0.560. The lowest BCUT2D eigenvalue weighted by Crippen LogP contribution is -2.29. The second-order valence-corrected chi connectivity index (χ2v) is 3.72. The van der Waals surface area contributed by atoms with Crippen molar-refractivity contribution < 1.29 is 4.74 Å². The number of allylic oxidation sites excluding steroid dienone is 3. The smallest absolute Gasteiger partial charge is 0.0903 e. The molecule has 0 bridgehead atoms. The molecule has 1 heteroatoms. The Kier molecular flexibility index (Phi) is 1.43. The van der Waals surface area contributed by atoms with Crippen LogP contribution in [0.4, 0.5) is 0 Å². The summed E-state index contributed by atoms with van der Waals surface area (Å²) in [6.07, 6.45) is 9.24. The highest BCUT2D eigenvalue weighted by Crippen LogP contribution is 2.42. The standard InChI is InChI=1S/C10H14O/c1-8-5-3-4-6-10(8,2)9-7-11-9/h3-6,8-9H,7H2,1-2H3. The first-order chi connectivity index (χ1) is 5.23. The molecular weight excluding hydrogens is 136 g/mol. The first kappa shape index (κ1) is 7.11. The van der Waals surface area contributed by atoms with Gasteiger partial charge in [-0.25, -0.2) is 0 Å². The number of rotatable bonds is 1. The van der Waals surface area contributed by atoms with Crippen LogP contribution >= 0.6 is 0 Å². The van der Waals surface area contributed by atoms with Gasteiger partial charge in [-0.15, -0.1) is 0 Å². The first-order valence-corrected chi connectivity index (χ1v) is 4.21. The summed E-state index contributed by atoms with van der Waals surface area (Å²) in [4.78, 5) is 0. The molecule has 0 aromatic rings. The van der Waals surface area contributed by atoms with Crippen molar-refractivity contribution in [3.05, 3.63) is 24.3 Å². The van der Waals surface area contributed by atoms with Gasteiger partial charge in [-0.1, -0.05) is 38.2 Å². The van der Waals surface area contributed by atoms with E-state index in [2.05, 4.69) is 38.2 Å². The minimum atomic E-state index is 0.259. The largest absolute Gasteiger partial charge is 0.372 e. The molecule has 1 aliphatic carbocycles. The van der Waals surface area contributed by atoms with Crippen molar-refractivity contribution in [1.29, 1.82) is 0 Å². The van der Waals surface area contributed by atoms with Crippen molar-refractivity contribution in [2.45, 2.75) is 20.0 Å². The minimum Gasteiger partial charge on any atom is -0.372 e. The van der Waals surface area contributed by atoms with E-state index in [0.717, 1.165) is 6.61 Å². The fourth-order valence-electron chi connectivity index (χ4n) is 1.66. The van der Waals surface area contributed by atoms with Crippen LogP contribution in [0.5, 0.6) is 0 Å². The number of hydrogen-bond donors (Lipinski definition) is 0. The van der Waals surface area contributed by atoms with E-state index in [0.29, 0.717) is 12.0 Å². The minimum absolute atomic E-state index is 0.259. The Morgan fingerprint density at radius 1 is 1.45 bits per heavy atom. The highest BCUT2D eigenvalue weighted by Gasteiger charge is 2.44. The molecular formula is C10H14O. The van der Waals surface area contributed by atoms with Crippen LogP contribution in [0.15, 0.2) is 24.3 Å². The molecule has 0 amide bonds. The summed E-state index contributed by atoms with van der Waals surface area (Å²) < 4.78 is 5.34. The van der Waals surface area contributed by atoms with Crippen molar-refractivity contribution in [3.63, 3.8) is 0 Å². The normalized spacial score (nSPS) is 47.8. The molecule has 0 aromatic heterocycles. The third kappa shape index (κ3) is 1.04. The van der Waals surface area contributed by atoms with Crippen LogP contribution in [-0.2, 0) is 4.74 Å². The van der Waals surface area contributed by atoms with Crippen molar-refractivity contribution in [2.24, 2.45) is 11.3 Å². The summed E-state index contributed by atoms with van der Waals surface area (Å²) >= 11 is 0. The molecule has 1 heterocycles. The van der Waals surface area contributed by atoms with Crippen LogP contribution in [0, 0.1) is 11.3 Å². The average molecular weight is 150 g/mol. The van der Waals surface area contributed by atoms with Crippen LogP contribution in [0.1, 0.15) is 13.8 Å². The lowest BCUT2D eigenvalue weighted by molar-refractivity contribution is 0.225. The Bertz CT molecular complexity index is 213. The molecule has 2 rings (SSSR count). The predicted molar refractivity (Wildman–Crippen MR) is 45.3 cm³/mol. The summed E-state index contributed by atoms with van der Waals surface area (Å²) in [5.74, 6) is 0.611. The molecule has 1 aliphatic heterocycles. The summed E-state index contributed by atoms with van der Waals surface area (Å²) in [6, 6.07) is 0. The fourth-order valence-corrected chi connectivity index (χ4v) is 1.66. The summed E-state index contributed by atoms with van der Waals surface area (Å²) in [7, 11) is 0. The average Bonchev–Trinajstić information content (AvgIpc) is 2.77. The molecule has 0 aromatic carbocycles. The van der Waals surface area contributed by atoms with Gasteiger partial charge in [0.1, 0.15) is 0 Å². The van der Waals surface area contributed by atoms with Gasteiger partial charge in [0.25, 0.3) is 0 Å². The molecule has 1 nitrogen and oxygen atoms in total. The Balaban J connectivity index is 2.22. The van der Waals surface area contributed by atoms with E-state index in [1.165, 1.54) is 0 Å². The fraction of sp³-hybridized carbons (Fsp3) is 0.600. The zero-order valence-electron chi connectivity index (χ0n) is 7.08. The maximum Gasteiger partial charge on any atom is 0.0903 e. The highest BCUT2D eigenvalue weighted by atomic mass is 16.6. The lowest BCUT2D eigenvalue weighted by atomic mass is 9.73. The summed E-state index contributed by atoms with van der Waals surface area (Å²) in [5.41, 5.74) is 0.259. The lowest BCUT2D eigenvalue weighted by Gasteiger charge is -2.31. The zero-order chi connectivity index (χ0) is 7.90. The van der Waals surface area contributed by atoms with Crippen LogP contribution in [0.2, 0.25) is 0 Å². The third-order valence-electron chi connectivity index (χ3n) is 2.97. The molecule has 2 aliphatic rings. The first-order valence-electron chi connectivity index (χ1n) is 4.21. The van der Waals surface area contributed by atoms with Gasteiger partial charge >= 0.3 is 0 Å². The van der Waals surface area contributed by atoms with Gasteiger partial charge in [0.15, 0.2) is 0 Å². The van der Waals surface area contributed by atoms with E-state index < -0.39 is 0 Å². The summed E-state index contributed by atoms with van der Waals surface area (Å²) in [5, 5.41) is 0. The molecule has 60 valence electrons. The van der Waals surface area contributed by atoms with E-state index >= 15 is 0 Å². The van der Waals surface area contributed by atoms with Gasteiger partial charge in [-0.05, 0) is 5.92 Å². The van der Waals surface area contributed by atoms with Gasteiger partial charge in [0.05, 0.1) is 12.7 Å². The quantitative estimate of drug-likeness (QED) is 0.522. The predicted octanol–water partition coefficient (Wildman–Crippen LogP) is 2.15. The second-order valence-electron chi connectivity index (χ2n) is 3.72. The van der Waals surface area contributed by atoms with E-state index in [9.17, 15) is 0 Å². The maximum absolute atomic E-state index is 5.34. The molecule has 0 spiro atoms. The van der Waals surface area contributed by atoms with Crippen molar-refractivity contribution in [2.75, 3.05) is 6.61 Å². The van der Waals surface area contributed by atoms with Crippen LogP contribution in [0.25, 0.3) is 0 Å². The maximum atomic E-state index is 5.34. The van der Waals surface area contributed by atoms with Crippen molar-refractivity contribution >= 4 is 0 Å². The van der Waals surface area contributed by atoms with Crippen molar-refractivity contribution in [3.8, 4) is 0 Å². The molecule has 3 atom stereocenters. The van der Waals surface area contributed by atoms with Crippen molar-refractivity contribution in [1.82, 2.24) is 0 Å². The van der Waals surface area contributed by atoms with Gasteiger partial charge < -0.3 is 4.74 Å². The van der Waals surface area contributed by atoms with Gasteiger partial charge in [-0.3, -0.25) is 0 Å². The molecule has 0 saturated carbocycles. The van der Waals surface area contributed by atoms with E-state index in [4.69, 9.17) is 4.74 Å². The zero-order valence-corrected chi connectivity index (χ0v) is 7.08. The Morgan fingerprint density at radius 3 is 2.73 bits per heavy atom. The molecule has 1 fully saturated rings.